The number of ether oxygens (including phenoxy) is 2. The fourth-order valence-electron chi connectivity index (χ4n) is 2.22. The van der Waals surface area contributed by atoms with E-state index in [1.807, 2.05) is 12.1 Å². The van der Waals surface area contributed by atoms with Crippen molar-refractivity contribution in [2.45, 2.75) is 30.9 Å². The van der Waals surface area contributed by atoms with Crippen molar-refractivity contribution in [3.05, 3.63) is 24.3 Å². The van der Waals surface area contributed by atoms with E-state index < -0.39 is 11.5 Å². The Balaban J connectivity index is 2.06. The summed E-state index contributed by atoms with van der Waals surface area (Å²) in [6, 6.07) is 7.30. The first kappa shape index (κ1) is 12.7. The molecule has 2 unspecified atom stereocenters. The lowest BCUT2D eigenvalue weighted by molar-refractivity contribution is -0.143. The lowest BCUT2D eigenvalue weighted by Crippen LogP contribution is -2.46. The Hall–Kier alpha value is -1.75. The standard InChI is InChI=1S/C13H17NO4/c1-17-10-4-2-3-5-11(10)18-9-6-7-13(14,8-9)12(15)16/h2-5,9H,6-8,14H2,1H3,(H,15,16). The van der Waals surface area contributed by atoms with Gasteiger partial charge < -0.3 is 20.3 Å². The van der Waals surface area contributed by atoms with Gasteiger partial charge in [-0.25, -0.2) is 0 Å². The lowest BCUT2D eigenvalue weighted by atomic mass is 10.00. The molecule has 0 bridgehead atoms. The van der Waals surface area contributed by atoms with Crippen LogP contribution in [0, 0.1) is 0 Å². The van der Waals surface area contributed by atoms with Crippen molar-refractivity contribution in [1.29, 1.82) is 0 Å². The summed E-state index contributed by atoms with van der Waals surface area (Å²) in [4.78, 5) is 11.0. The van der Waals surface area contributed by atoms with Crippen molar-refractivity contribution in [2.75, 3.05) is 7.11 Å². The van der Waals surface area contributed by atoms with E-state index in [9.17, 15) is 4.79 Å². The molecule has 2 rings (SSSR count). The molecule has 0 saturated heterocycles. The normalized spacial score (nSPS) is 26.9. The SMILES string of the molecule is COc1ccccc1OC1CCC(N)(C(=O)O)C1. The predicted molar refractivity (Wildman–Crippen MR) is 65.8 cm³/mol. The van der Waals surface area contributed by atoms with Crippen LogP contribution in [0.15, 0.2) is 24.3 Å². The molecule has 98 valence electrons. The summed E-state index contributed by atoms with van der Waals surface area (Å²) in [6.45, 7) is 0. The van der Waals surface area contributed by atoms with Gasteiger partial charge in [0.1, 0.15) is 11.6 Å². The highest BCUT2D eigenvalue weighted by Gasteiger charge is 2.43. The second-order valence-electron chi connectivity index (χ2n) is 4.59. The van der Waals surface area contributed by atoms with Crippen LogP contribution in [0.25, 0.3) is 0 Å². The van der Waals surface area contributed by atoms with E-state index in [0.29, 0.717) is 30.8 Å². The van der Waals surface area contributed by atoms with Crippen LogP contribution in [0.4, 0.5) is 0 Å². The van der Waals surface area contributed by atoms with E-state index in [4.69, 9.17) is 20.3 Å². The fraction of sp³-hybridized carbons (Fsp3) is 0.462. The van der Waals surface area contributed by atoms with Gasteiger partial charge in [0.25, 0.3) is 0 Å². The molecule has 1 fully saturated rings. The first-order chi connectivity index (χ1) is 8.55. The smallest absolute Gasteiger partial charge is 0.323 e. The molecule has 2 atom stereocenters. The lowest BCUT2D eigenvalue weighted by Gasteiger charge is -2.19. The third-order valence-corrected chi connectivity index (χ3v) is 3.29. The quantitative estimate of drug-likeness (QED) is 0.845. The van der Waals surface area contributed by atoms with Crippen molar-refractivity contribution < 1.29 is 19.4 Å². The van der Waals surface area contributed by atoms with Gasteiger partial charge in [0, 0.05) is 6.42 Å². The highest BCUT2D eigenvalue weighted by Crippen LogP contribution is 2.34. The number of para-hydroxylation sites is 2. The van der Waals surface area contributed by atoms with Gasteiger partial charge in [0.2, 0.25) is 0 Å². The van der Waals surface area contributed by atoms with Crippen LogP contribution in [0.3, 0.4) is 0 Å². The van der Waals surface area contributed by atoms with Crippen LogP contribution in [0.2, 0.25) is 0 Å². The molecule has 0 spiro atoms. The summed E-state index contributed by atoms with van der Waals surface area (Å²) in [7, 11) is 1.57. The molecule has 0 amide bonds. The molecule has 5 heteroatoms. The Morgan fingerprint density at radius 1 is 1.44 bits per heavy atom. The number of nitrogens with two attached hydrogens (primary N) is 1. The summed E-state index contributed by atoms with van der Waals surface area (Å²) < 4.78 is 11.0. The molecule has 0 heterocycles. The molecule has 18 heavy (non-hydrogen) atoms. The van der Waals surface area contributed by atoms with Crippen LogP contribution >= 0.6 is 0 Å². The van der Waals surface area contributed by atoms with E-state index >= 15 is 0 Å². The fourth-order valence-corrected chi connectivity index (χ4v) is 2.22. The largest absolute Gasteiger partial charge is 0.493 e. The molecule has 1 aromatic rings. The summed E-state index contributed by atoms with van der Waals surface area (Å²) in [5.74, 6) is 0.301. The Bertz CT molecular complexity index is 448. The van der Waals surface area contributed by atoms with Crippen LogP contribution in [-0.2, 0) is 4.79 Å². The number of carboxylic acid groups (broad SMARTS) is 1. The number of carbonyl (C=O) groups is 1. The number of hydrogen-bond acceptors (Lipinski definition) is 4. The number of benzene rings is 1. The van der Waals surface area contributed by atoms with Crippen molar-refractivity contribution in [3.63, 3.8) is 0 Å². The molecule has 0 aliphatic heterocycles. The van der Waals surface area contributed by atoms with Gasteiger partial charge in [-0.15, -0.1) is 0 Å². The van der Waals surface area contributed by atoms with Crippen molar-refractivity contribution in [1.82, 2.24) is 0 Å². The van der Waals surface area contributed by atoms with Crippen LogP contribution in [-0.4, -0.2) is 29.8 Å². The monoisotopic (exact) mass is 251 g/mol. The first-order valence-electron chi connectivity index (χ1n) is 5.87. The average molecular weight is 251 g/mol. The molecule has 1 aromatic carbocycles. The average Bonchev–Trinajstić information content (AvgIpc) is 2.73. The number of hydrogen-bond donors (Lipinski definition) is 2. The van der Waals surface area contributed by atoms with Gasteiger partial charge in [-0.2, -0.15) is 0 Å². The van der Waals surface area contributed by atoms with E-state index in [1.54, 1.807) is 19.2 Å². The number of rotatable bonds is 4. The molecule has 1 aliphatic carbocycles. The van der Waals surface area contributed by atoms with Gasteiger partial charge in [0.05, 0.1) is 7.11 Å². The molecule has 1 aliphatic rings. The minimum atomic E-state index is -1.16. The van der Waals surface area contributed by atoms with Crippen LogP contribution in [0.1, 0.15) is 19.3 Å². The summed E-state index contributed by atoms with van der Waals surface area (Å²) >= 11 is 0. The Kier molecular flexibility index (Phi) is 3.43. The molecular formula is C13H17NO4. The van der Waals surface area contributed by atoms with Crippen molar-refractivity contribution >= 4 is 5.97 Å². The molecule has 0 radical (unpaired) electrons. The van der Waals surface area contributed by atoms with E-state index in [0.717, 1.165) is 0 Å². The third-order valence-electron chi connectivity index (χ3n) is 3.29. The minimum absolute atomic E-state index is 0.178. The van der Waals surface area contributed by atoms with Gasteiger partial charge in [0.15, 0.2) is 11.5 Å². The van der Waals surface area contributed by atoms with Crippen molar-refractivity contribution in [2.24, 2.45) is 5.73 Å². The van der Waals surface area contributed by atoms with Gasteiger partial charge >= 0.3 is 5.97 Å². The molecule has 3 N–H and O–H groups in total. The van der Waals surface area contributed by atoms with Crippen LogP contribution in [0.5, 0.6) is 11.5 Å². The summed E-state index contributed by atoms with van der Waals surface area (Å²) in [5.41, 5.74) is 4.65. The van der Waals surface area contributed by atoms with Crippen LogP contribution < -0.4 is 15.2 Å². The minimum Gasteiger partial charge on any atom is -0.493 e. The highest BCUT2D eigenvalue weighted by atomic mass is 16.5. The number of carboxylic acids is 1. The topological polar surface area (TPSA) is 81.8 Å². The predicted octanol–water partition coefficient (Wildman–Crippen LogP) is 1.41. The maximum absolute atomic E-state index is 11.0. The molecule has 5 nitrogen and oxygen atoms in total. The number of methoxy groups -OCH3 is 1. The first-order valence-corrected chi connectivity index (χ1v) is 5.87. The second-order valence-corrected chi connectivity index (χ2v) is 4.59. The zero-order chi connectivity index (χ0) is 13.2. The van der Waals surface area contributed by atoms with E-state index in [2.05, 4.69) is 0 Å². The summed E-state index contributed by atoms with van der Waals surface area (Å²) in [5, 5.41) is 9.05. The number of aliphatic carboxylic acids is 1. The van der Waals surface area contributed by atoms with Crippen molar-refractivity contribution in [3.8, 4) is 11.5 Å². The van der Waals surface area contributed by atoms with Gasteiger partial charge in [-0.3, -0.25) is 4.79 Å². The zero-order valence-corrected chi connectivity index (χ0v) is 10.3. The summed E-state index contributed by atoms with van der Waals surface area (Å²) in [6.07, 6.45) is 1.21. The Labute approximate surface area is 106 Å². The van der Waals surface area contributed by atoms with E-state index in [1.165, 1.54) is 0 Å². The molecular weight excluding hydrogens is 234 g/mol. The maximum atomic E-state index is 11.0. The van der Waals surface area contributed by atoms with Gasteiger partial charge in [-0.05, 0) is 25.0 Å². The van der Waals surface area contributed by atoms with Gasteiger partial charge in [-0.1, -0.05) is 12.1 Å². The highest BCUT2D eigenvalue weighted by molar-refractivity contribution is 5.79. The second kappa shape index (κ2) is 4.86. The third kappa shape index (κ3) is 2.41. The Morgan fingerprint density at radius 3 is 2.67 bits per heavy atom. The molecule has 1 saturated carbocycles. The Morgan fingerprint density at radius 2 is 2.11 bits per heavy atom. The molecule has 0 aromatic heterocycles. The van der Waals surface area contributed by atoms with E-state index in [-0.39, 0.29) is 6.10 Å². The zero-order valence-electron chi connectivity index (χ0n) is 10.3. The maximum Gasteiger partial charge on any atom is 0.323 e.